The van der Waals surface area contributed by atoms with Gasteiger partial charge in [-0.1, -0.05) is 108 Å². The fourth-order valence-electron chi connectivity index (χ4n) is 6.17. The van der Waals surface area contributed by atoms with Crippen LogP contribution in [0.4, 0.5) is 0 Å². The SMILES string of the molecule is CC(=O)C(C(C)=O)C(C)=O.CC(C)(C)c1cc(C=N[C@H]2CCCC[C@@H]2N=Cc2cc(C(C)(C)C)cc(C(C)(C)C)c2O)c(O)c(C(C)(C)C)c1.NCCN. The highest BCUT2D eigenvalue weighted by Gasteiger charge is 2.28. The number of carbonyl (C=O) groups is 3. The molecule has 0 spiro atoms. The van der Waals surface area contributed by atoms with E-state index in [0.717, 1.165) is 47.9 Å². The van der Waals surface area contributed by atoms with Crippen molar-refractivity contribution < 1.29 is 24.6 Å². The van der Waals surface area contributed by atoms with Gasteiger partial charge in [-0.3, -0.25) is 24.4 Å². The minimum atomic E-state index is -1.03. The number of Topliss-reactive ketones (excluding diaryl/α,β-unsaturated/α-hetero) is 3. The molecule has 0 radical (unpaired) electrons. The smallest absolute Gasteiger partial charge is 0.147 e. The lowest BCUT2D eigenvalue weighted by molar-refractivity contribution is -0.137. The number of aromatic hydroxyl groups is 2. The van der Waals surface area contributed by atoms with Crippen molar-refractivity contribution in [1.29, 1.82) is 0 Å². The van der Waals surface area contributed by atoms with E-state index in [1.165, 1.54) is 31.9 Å². The summed E-state index contributed by atoms with van der Waals surface area (Å²) in [5, 5.41) is 22.5. The molecule has 2 aromatic carbocycles. The number of aliphatic imine (C=N–C) groups is 2. The molecule has 302 valence electrons. The predicted molar refractivity (Wildman–Crippen MR) is 226 cm³/mol. The van der Waals surface area contributed by atoms with Crippen LogP contribution in [0.25, 0.3) is 0 Å². The van der Waals surface area contributed by atoms with Gasteiger partial charge in [0.2, 0.25) is 0 Å². The number of carbonyl (C=O) groups excluding carboxylic acids is 3. The average molecular weight is 749 g/mol. The van der Waals surface area contributed by atoms with Crippen molar-refractivity contribution in [2.45, 2.75) is 163 Å². The van der Waals surface area contributed by atoms with Crippen molar-refractivity contribution in [1.82, 2.24) is 0 Å². The molecular formula is C45H72N4O5. The van der Waals surface area contributed by atoms with Gasteiger partial charge < -0.3 is 21.7 Å². The molecule has 2 atom stereocenters. The molecular weight excluding hydrogens is 677 g/mol. The van der Waals surface area contributed by atoms with Gasteiger partial charge >= 0.3 is 0 Å². The maximum absolute atomic E-state index is 11.2. The van der Waals surface area contributed by atoms with Gasteiger partial charge in [0.25, 0.3) is 0 Å². The van der Waals surface area contributed by atoms with Crippen LogP contribution in [-0.2, 0) is 36.0 Å². The zero-order chi connectivity index (χ0) is 42.0. The number of hydrogen-bond donors (Lipinski definition) is 4. The summed E-state index contributed by atoms with van der Waals surface area (Å²) >= 11 is 0. The first-order valence-corrected chi connectivity index (χ1v) is 19.3. The van der Waals surface area contributed by atoms with E-state index in [4.69, 9.17) is 21.5 Å². The summed E-state index contributed by atoms with van der Waals surface area (Å²) in [5.41, 5.74) is 15.2. The highest BCUT2D eigenvalue weighted by Crippen LogP contribution is 2.39. The van der Waals surface area contributed by atoms with Gasteiger partial charge in [0.05, 0.1) is 12.1 Å². The second-order valence-electron chi connectivity index (χ2n) is 18.7. The second-order valence-corrected chi connectivity index (χ2v) is 18.7. The molecule has 3 rings (SSSR count). The van der Waals surface area contributed by atoms with Crippen LogP contribution in [0.15, 0.2) is 34.3 Å². The maximum atomic E-state index is 11.2. The quantitative estimate of drug-likeness (QED) is 0.155. The van der Waals surface area contributed by atoms with Gasteiger partial charge in [0.15, 0.2) is 0 Å². The first-order chi connectivity index (χ1) is 24.6. The normalized spacial score (nSPS) is 16.9. The lowest BCUT2D eigenvalue weighted by Gasteiger charge is -2.28. The second kappa shape index (κ2) is 19.8. The number of phenolic OH excluding ortho intramolecular Hbond substituents is 2. The fraction of sp³-hybridized carbons (Fsp3) is 0.622. The van der Waals surface area contributed by atoms with Crippen molar-refractivity contribution in [3.05, 3.63) is 57.6 Å². The summed E-state index contributed by atoms with van der Waals surface area (Å²) < 4.78 is 0. The molecule has 1 fully saturated rings. The fourth-order valence-corrected chi connectivity index (χ4v) is 6.17. The lowest BCUT2D eigenvalue weighted by Crippen LogP contribution is -2.27. The molecule has 1 saturated carbocycles. The molecule has 0 amide bonds. The van der Waals surface area contributed by atoms with Gasteiger partial charge in [0.1, 0.15) is 34.8 Å². The van der Waals surface area contributed by atoms with Gasteiger partial charge in [-0.05, 0) is 78.5 Å². The summed E-state index contributed by atoms with van der Waals surface area (Å²) in [6, 6.07) is 8.53. The van der Waals surface area contributed by atoms with Crippen LogP contribution < -0.4 is 11.5 Å². The molecule has 1 aliphatic rings. The van der Waals surface area contributed by atoms with E-state index >= 15 is 0 Å². The monoisotopic (exact) mass is 749 g/mol. The van der Waals surface area contributed by atoms with Crippen molar-refractivity contribution in [3.8, 4) is 11.5 Å². The van der Waals surface area contributed by atoms with Crippen LogP contribution in [0.1, 0.15) is 163 Å². The van der Waals surface area contributed by atoms with E-state index in [1.807, 2.05) is 12.4 Å². The summed E-state index contributed by atoms with van der Waals surface area (Å²) in [6.45, 7) is 31.0. The molecule has 2 aromatic rings. The van der Waals surface area contributed by atoms with E-state index in [0.29, 0.717) is 24.6 Å². The molecule has 0 saturated heterocycles. The van der Waals surface area contributed by atoms with E-state index in [-0.39, 0.29) is 51.1 Å². The molecule has 6 N–H and O–H groups in total. The van der Waals surface area contributed by atoms with E-state index in [9.17, 15) is 24.6 Å². The molecule has 0 heterocycles. The summed E-state index contributed by atoms with van der Waals surface area (Å²) in [4.78, 5) is 41.8. The third-order valence-electron chi connectivity index (χ3n) is 9.52. The standard InChI is InChI=1S/C36H54N2O2.C7H10O3.C2H8N2/c1-33(2,3)25-17-23(31(39)27(19-25)35(7,8)9)21-37-29-15-13-14-16-30(29)38-22-24-18-26(34(4,5)6)20-28(32(24)40)36(10,11)12;1-4(8)7(5(2)9)6(3)10;3-1-2-4/h17-22,29-30,39-40H,13-16H2,1-12H3;7H,1-3H3;1-4H2/t29-,30-;;/m0../s1. The summed E-state index contributed by atoms with van der Waals surface area (Å²) in [5.74, 6) is -1.52. The van der Waals surface area contributed by atoms with E-state index in [1.54, 1.807) is 0 Å². The Bertz CT molecular complexity index is 1510. The molecule has 9 heteroatoms. The van der Waals surface area contributed by atoms with E-state index in [2.05, 4.69) is 107 Å². The van der Waals surface area contributed by atoms with Gasteiger partial charge in [0, 0.05) is 47.8 Å². The Hall–Kier alpha value is -3.69. The van der Waals surface area contributed by atoms with Crippen molar-refractivity contribution in [2.24, 2.45) is 27.4 Å². The van der Waals surface area contributed by atoms with Gasteiger partial charge in [-0.25, -0.2) is 0 Å². The van der Waals surface area contributed by atoms with E-state index < -0.39 is 5.92 Å². The highest BCUT2D eigenvalue weighted by atomic mass is 16.3. The largest absolute Gasteiger partial charge is 0.507 e. The number of rotatable bonds is 8. The molecule has 1 aliphatic carbocycles. The zero-order valence-electron chi connectivity index (χ0n) is 36.1. The van der Waals surface area contributed by atoms with Crippen LogP contribution in [0.3, 0.4) is 0 Å². The van der Waals surface area contributed by atoms with Crippen molar-refractivity contribution in [2.75, 3.05) is 13.1 Å². The Morgan fingerprint density at radius 3 is 1.11 bits per heavy atom. The third-order valence-corrected chi connectivity index (χ3v) is 9.52. The molecule has 0 bridgehead atoms. The Morgan fingerprint density at radius 2 is 0.907 bits per heavy atom. The average Bonchev–Trinajstić information content (AvgIpc) is 3.01. The minimum absolute atomic E-state index is 0.0378. The van der Waals surface area contributed by atoms with Crippen LogP contribution in [0.5, 0.6) is 11.5 Å². The molecule has 0 unspecified atom stereocenters. The van der Waals surface area contributed by atoms with Crippen molar-refractivity contribution >= 4 is 29.8 Å². The Morgan fingerprint density at radius 1 is 0.611 bits per heavy atom. The topological polar surface area (TPSA) is 168 Å². The Labute approximate surface area is 326 Å². The minimum Gasteiger partial charge on any atom is -0.507 e. The Kier molecular flexibility index (Phi) is 17.7. The van der Waals surface area contributed by atoms with Crippen LogP contribution in [0, 0.1) is 5.92 Å². The van der Waals surface area contributed by atoms with Crippen LogP contribution in [-0.4, -0.2) is 65.2 Å². The number of ketones is 3. The molecule has 9 nitrogen and oxygen atoms in total. The summed E-state index contributed by atoms with van der Waals surface area (Å²) in [7, 11) is 0. The van der Waals surface area contributed by atoms with Crippen LogP contribution >= 0.6 is 0 Å². The first kappa shape index (κ1) is 48.3. The zero-order valence-corrected chi connectivity index (χ0v) is 36.1. The van der Waals surface area contributed by atoms with Crippen LogP contribution in [0.2, 0.25) is 0 Å². The number of hydrogen-bond acceptors (Lipinski definition) is 9. The molecule has 0 aliphatic heterocycles. The number of phenols is 2. The molecule has 0 aromatic heterocycles. The maximum Gasteiger partial charge on any atom is 0.147 e. The predicted octanol–water partition coefficient (Wildman–Crippen LogP) is 8.41. The Balaban J connectivity index is 0.000000881. The molecule has 54 heavy (non-hydrogen) atoms. The first-order valence-electron chi connectivity index (χ1n) is 19.3. The van der Waals surface area contributed by atoms with Crippen molar-refractivity contribution in [3.63, 3.8) is 0 Å². The van der Waals surface area contributed by atoms with Gasteiger partial charge in [-0.15, -0.1) is 0 Å². The summed E-state index contributed by atoms with van der Waals surface area (Å²) in [6.07, 6.45) is 7.90. The highest BCUT2D eigenvalue weighted by molar-refractivity contribution is 6.17. The number of nitrogens with zero attached hydrogens (tertiary/aromatic N) is 2. The number of benzene rings is 2. The van der Waals surface area contributed by atoms with Gasteiger partial charge in [-0.2, -0.15) is 0 Å². The third kappa shape index (κ3) is 14.5. The lowest BCUT2D eigenvalue weighted by atomic mass is 9.79. The number of nitrogens with two attached hydrogens (primary N) is 2.